The molecule has 2 aliphatic heterocycles. The maximum absolute atomic E-state index is 12.9. The zero-order valence-corrected chi connectivity index (χ0v) is 14.3. The number of H-pyrrole nitrogens is 1. The molecule has 0 saturated carbocycles. The molecule has 2 aliphatic rings. The Bertz CT molecular complexity index is 857. The molecular weight excluding hydrogens is 351 g/mol. The second-order valence-electron chi connectivity index (χ2n) is 6.73. The summed E-state index contributed by atoms with van der Waals surface area (Å²) in [5, 5.41) is 10.6. The molecule has 0 spiro atoms. The van der Waals surface area contributed by atoms with E-state index in [-0.39, 0.29) is 37.7 Å². The van der Waals surface area contributed by atoms with Gasteiger partial charge in [0.2, 0.25) is 0 Å². The van der Waals surface area contributed by atoms with Crippen LogP contribution in [0, 0.1) is 0 Å². The lowest BCUT2D eigenvalue weighted by Crippen LogP contribution is -2.39. The van der Waals surface area contributed by atoms with E-state index in [1.807, 2.05) is 13.8 Å². The monoisotopic (exact) mass is 369 g/mol. The van der Waals surface area contributed by atoms with Gasteiger partial charge in [0, 0.05) is 18.5 Å². The van der Waals surface area contributed by atoms with Crippen LogP contribution in [0.25, 0.3) is 0 Å². The lowest BCUT2D eigenvalue weighted by atomic mass is 9.99. The van der Waals surface area contributed by atoms with Gasteiger partial charge >= 0.3 is 6.18 Å². The third-order valence-corrected chi connectivity index (χ3v) is 4.81. The van der Waals surface area contributed by atoms with Gasteiger partial charge in [-0.05, 0) is 19.9 Å². The number of fused-ring (bicyclic) bond motifs is 2. The first-order valence-electron chi connectivity index (χ1n) is 8.40. The highest BCUT2D eigenvalue weighted by atomic mass is 19.4. The zero-order valence-electron chi connectivity index (χ0n) is 14.3. The largest absolute Gasteiger partial charge is 0.435 e. The smallest absolute Gasteiger partial charge is 0.369 e. The number of aromatic nitrogens is 4. The molecule has 1 amide bonds. The lowest BCUT2D eigenvalue weighted by molar-refractivity contribution is -0.141. The van der Waals surface area contributed by atoms with Crippen LogP contribution >= 0.6 is 0 Å². The molecule has 2 aromatic heterocycles. The quantitative estimate of drug-likeness (QED) is 0.837. The highest BCUT2D eigenvalue weighted by Crippen LogP contribution is 2.32. The van der Waals surface area contributed by atoms with Crippen molar-refractivity contribution in [2.24, 2.45) is 0 Å². The number of nitrogens with one attached hydrogen (secondary N) is 1. The molecule has 0 aliphatic carbocycles. The van der Waals surface area contributed by atoms with Crippen LogP contribution in [0.3, 0.4) is 0 Å². The summed E-state index contributed by atoms with van der Waals surface area (Å²) >= 11 is 0. The predicted octanol–water partition coefficient (Wildman–Crippen LogP) is 2.30. The molecule has 0 bridgehead atoms. The third-order valence-electron chi connectivity index (χ3n) is 4.81. The summed E-state index contributed by atoms with van der Waals surface area (Å²) in [6.07, 6.45) is -4.13. The van der Waals surface area contributed by atoms with Gasteiger partial charge in [0.25, 0.3) is 5.91 Å². The van der Waals surface area contributed by atoms with Crippen LogP contribution in [-0.4, -0.2) is 43.4 Å². The average Bonchev–Trinajstić information content (AvgIpc) is 3.16. The third kappa shape index (κ3) is 2.77. The van der Waals surface area contributed by atoms with E-state index < -0.39 is 11.9 Å². The number of amides is 1. The van der Waals surface area contributed by atoms with Gasteiger partial charge < -0.3 is 9.64 Å². The first-order valence-corrected chi connectivity index (χ1v) is 8.40. The standard InChI is InChI=1S/C16H18F3N5O2/c1-8-5-11-13(9(2)26-8)20-21-14(11)15(25)23-3-4-24-10(7-23)6-12(22-24)16(17,18)19/h6,8-9H,3-5,7H2,1-2H3,(H,20,21)/t8-,9+/m1/s1. The molecule has 26 heavy (non-hydrogen) atoms. The summed E-state index contributed by atoms with van der Waals surface area (Å²) in [5.41, 5.74) is 1.38. The van der Waals surface area contributed by atoms with Crippen molar-refractivity contribution in [2.75, 3.05) is 6.54 Å². The topological polar surface area (TPSA) is 76.0 Å². The number of hydrogen-bond acceptors (Lipinski definition) is 4. The SMILES string of the molecule is C[C@@H]1Cc2c(C(=O)N3CCn4nc(C(F)(F)F)cc4C3)n[nH]c2[C@H](C)O1. The molecule has 0 unspecified atom stereocenters. The lowest BCUT2D eigenvalue weighted by Gasteiger charge is -2.28. The average molecular weight is 369 g/mol. The molecular formula is C16H18F3N5O2. The van der Waals surface area contributed by atoms with Crippen LogP contribution in [0.15, 0.2) is 6.07 Å². The minimum absolute atomic E-state index is 0.0289. The van der Waals surface area contributed by atoms with Crippen molar-refractivity contribution in [3.05, 3.63) is 34.4 Å². The number of halogens is 3. The molecule has 4 rings (SSSR count). The Morgan fingerprint density at radius 1 is 1.35 bits per heavy atom. The molecule has 4 heterocycles. The number of alkyl halides is 3. The second-order valence-corrected chi connectivity index (χ2v) is 6.73. The molecule has 0 radical (unpaired) electrons. The number of nitrogens with zero attached hydrogens (tertiary/aromatic N) is 4. The van der Waals surface area contributed by atoms with Gasteiger partial charge in [-0.2, -0.15) is 23.4 Å². The number of rotatable bonds is 1. The van der Waals surface area contributed by atoms with Gasteiger partial charge in [0.15, 0.2) is 11.4 Å². The Balaban J connectivity index is 1.58. The van der Waals surface area contributed by atoms with Gasteiger partial charge in [-0.3, -0.25) is 14.6 Å². The molecule has 0 saturated heterocycles. The highest BCUT2D eigenvalue weighted by Gasteiger charge is 2.37. The van der Waals surface area contributed by atoms with Crippen LogP contribution in [0.4, 0.5) is 13.2 Å². The highest BCUT2D eigenvalue weighted by molar-refractivity contribution is 5.94. The number of hydrogen-bond donors (Lipinski definition) is 1. The maximum Gasteiger partial charge on any atom is 0.435 e. The Morgan fingerprint density at radius 3 is 2.85 bits per heavy atom. The maximum atomic E-state index is 12.9. The first kappa shape index (κ1) is 17.1. The molecule has 0 aromatic carbocycles. The fourth-order valence-corrected chi connectivity index (χ4v) is 3.58. The van der Waals surface area contributed by atoms with Crippen molar-refractivity contribution in [1.82, 2.24) is 24.9 Å². The van der Waals surface area contributed by atoms with Gasteiger partial charge in [-0.25, -0.2) is 0 Å². The van der Waals surface area contributed by atoms with E-state index in [2.05, 4.69) is 15.3 Å². The zero-order chi connectivity index (χ0) is 18.6. The predicted molar refractivity (Wildman–Crippen MR) is 83.2 cm³/mol. The molecule has 0 fully saturated rings. The van der Waals surface area contributed by atoms with E-state index in [1.165, 1.54) is 9.58 Å². The van der Waals surface area contributed by atoms with E-state index >= 15 is 0 Å². The van der Waals surface area contributed by atoms with Crippen molar-refractivity contribution in [1.29, 1.82) is 0 Å². The molecule has 7 nitrogen and oxygen atoms in total. The second kappa shape index (κ2) is 5.83. The van der Waals surface area contributed by atoms with Gasteiger partial charge in [-0.1, -0.05) is 0 Å². The number of carbonyl (C=O) groups is 1. The van der Waals surface area contributed by atoms with Crippen molar-refractivity contribution in [2.45, 2.75) is 51.7 Å². The normalized spacial score (nSPS) is 22.9. The summed E-state index contributed by atoms with van der Waals surface area (Å²) in [4.78, 5) is 14.4. The molecule has 1 N–H and O–H groups in total. The van der Waals surface area contributed by atoms with Crippen molar-refractivity contribution < 1.29 is 22.7 Å². The summed E-state index contributed by atoms with van der Waals surface area (Å²) in [7, 11) is 0. The minimum atomic E-state index is -4.49. The Kier molecular flexibility index (Phi) is 3.83. The van der Waals surface area contributed by atoms with Gasteiger partial charge in [-0.15, -0.1) is 0 Å². The first-order chi connectivity index (χ1) is 12.2. The van der Waals surface area contributed by atoms with Gasteiger partial charge in [0.1, 0.15) is 0 Å². The van der Waals surface area contributed by atoms with Gasteiger partial charge in [0.05, 0.1) is 36.7 Å². The van der Waals surface area contributed by atoms with E-state index in [0.29, 0.717) is 17.8 Å². The fourth-order valence-electron chi connectivity index (χ4n) is 3.58. The Morgan fingerprint density at radius 2 is 2.12 bits per heavy atom. The molecule has 2 aromatic rings. The van der Waals surface area contributed by atoms with Crippen LogP contribution in [0.5, 0.6) is 0 Å². The van der Waals surface area contributed by atoms with E-state index in [9.17, 15) is 18.0 Å². The van der Waals surface area contributed by atoms with E-state index in [4.69, 9.17) is 4.74 Å². The van der Waals surface area contributed by atoms with Crippen LogP contribution in [-0.2, 0) is 30.4 Å². The van der Waals surface area contributed by atoms with Crippen molar-refractivity contribution >= 4 is 5.91 Å². The summed E-state index contributed by atoms with van der Waals surface area (Å²) in [6.45, 7) is 4.40. The molecule has 10 heteroatoms. The Hall–Kier alpha value is -2.36. The van der Waals surface area contributed by atoms with Crippen LogP contribution in [0.1, 0.15) is 53.1 Å². The number of ether oxygens (including phenoxy) is 1. The summed E-state index contributed by atoms with van der Waals surface area (Å²) in [5.74, 6) is -0.287. The summed E-state index contributed by atoms with van der Waals surface area (Å²) in [6, 6.07) is 0.997. The van der Waals surface area contributed by atoms with Crippen molar-refractivity contribution in [3.63, 3.8) is 0 Å². The van der Waals surface area contributed by atoms with E-state index in [1.54, 1.807) is 0 Å². The molecule has 140 valence electrons. The minimum Gasteiger partial charge on any atom is -0.369 e. The number of carbonyl (C=O) groups excluding carboxylic acids is 1. The van der Waals surface area contributed by atoms with E-state index in [0.717, 1.165) is 17.3 Å². The van der Waals surface area contributed by atoms with Crippen LogP contribution < -0.4 is 0 Å². The molecule has 2 atom stereocenters. The summed E-state index contributed by atoms with van der Waals surface area (Å²) < 4.78 is 45.5. The van der Waals surface area contributed by atoms with Crippen molar-refractivity contribution in [3.8, 4) is 0 Å². The van der Waals surface area contributed by atoms with Crippen LogP contribution in [0.2, 0.25) is 0 Å². The Labute approximate surface area is 147 Å². The number of aromatic amines is 1. The fraction of sp³-hybridized carbons (Fsp3) is 0.562.